The number of aliphatic imine (C=N–C) groups is 1. The molecule has 4 heteroatoms. The number of methoxy groups -OCH3 is 1. The minimum Gasteiger partial charge on any atom is -0.467 e. The molecule has 4 nitrogen and oxygen atoms in total. The predicted octanol–water partition coefficient (Wildman–Crippen LogP) is 0.0633. The average molecular weight is 154 g/mol. The standard InChI is InChI=1S/C7H10N2O2/c1-7(6(10)11-2)5-8-3-4-9-7/h3-5,9H,1-2H3. The van der Waals surface area contributed by atoms with E-state index in [4.69, 9.17) is 0 Å². The third kappa shape index (κ3) is 1.39. The molecule has 0 saturated heterocycles. The first-order valence-corrected chi connectivity index (χ1v) is 3.24. The molecule has 0 aliphatic carbocycles. The fraction of sp³-hybridized carbons (Fsp3) is 0.429. The van der Waals surface area contributed by atoms with Crippen LogP contribution in [0, 0.1) is 0 Å². The Bertz CT molecular complexity index is 222. The number of carbonyl (C=O) groups excluding carboxylic acids is 1. The second kappa shape index (κ2) is 2.74. The van der Waals surface area contributed by atoms with Crippen molar-refractivity contribution >= 4 is 12.2 Å². The smallest absolute Gasteiger partial charge is 0.336 e. The van der Waals surface area contributed by atoms with Crippen LogP contribution in [-0.4, -0.2) is 24.8 Å². The molecule has 1 aliphatic rings. The Morgan fingerprint density at radius 1 is 1.73 bits per heavy atom. The van der Waals surface area contributed by atoms with E-state index < -0.39 is 5.54 Å². The normalized spacial score (nSPS) is 27.8. The van der Waals surface area contributed by atoms with E-state index >= 15 is 0 Å². The molecule has 0 aromatic heterocycles. The summed E-state index contributed by atoms with van der Waals surface area (Å²) >= 11 is 0. The van der Waals surface area contributed by atoms with Gasteiger partial charge in [0, 0.05) is 18.6 Å². The third-order valence-corrected chi connectivity index (χ3v) is 1.49. The number of hydrogen-bond acceptors (Lipinski definition) is 4. The Morgan fingerprint density at radius 3 is 2.91 bits per heavy atom. The second-order valence-corrected chi connectivity index (χ2v) is 2.43. The molecule has 0 spiro atoms. The van der Waals surface area contributed by atoms with Crippen LogP contribution in [0.4, 0.5) is 0 Å². The quantitative estimate of drug-likeness (QED) is 0.543. The summed E-state index contributed by atoms with van der Waals surface area (Å²) in [5.74, 6) is -0.342. The Hall–Kier alpha value is -1.32. The maximum atomic E-state index is 11.1. The highest BCUT2D eigenvalue weighted by Crippen LogP contribution is 2.05. The third-order valence-electron chi connectivity index (χ3n) is 1.49. The monoisotopic (exact) mass is 154 g/mol. The van der Waals surface area contributed by atoms with Gasteiger partial charge in [-0.15, -0.1) is 0 Å². The van der Waals surface area contributed by atoms with Gasteiger partial charge in [0.05, 0.1) is 7.11 Å². The zero-order chi connectivity index (χ0) is 8.32. The van der Waals surface area contributed by atoms with Crippen molar-refractivity contribution in [2.45, 2.75) is 12.5 Å². The van der Waals surface area contributed by atoms with Crippen LogP contribution in [0.15, 0.2) is 17.4 Å². The Balaban J connectivity index is 2.75. The van der Waals surface area contributed by atoms with Crippen LogP contribution >= 0.6 is 0 Å². The van der Waals surface area contributed by atoms with E-state index in [0.717, 1.165) is 0 Å². The summed E-state index contributed by atoms with van der Waals surface area (Å²) in [5.41, 5.74) is -0.802. The van der Waals surface area contributed by atoms with E-state index in [0.29, 0.717) is 0 Å². The van der Waals surface area contributed by atoms with Gasteiger partial charge in [-0.05, 0) is 6.92 Å². The lowest BCUT2D eigenvalue weighted by atomic mass is 10.0. The van der Waals surface area contributed by atoms with Crippen molar-refractivity contribution in [1.29, 1.82) is 0 Å². The number of esters is 1. The minimum absolute atomic E-state index is 0.342. The van der Waals surface area contributed by atoms with Crippen molar-refractivity contribution in [2.24, 2.45) is 4.99 Å². The highest BCUT2D eigenvalue weighted by molar-refractivity contribution is 6.00. The van der Waals surface area contributed by atoms with Crippen molar-refractivity contribution in [1.82, 2.24) is 5.32 Å². The van der Waals surface area contributed by atoms with Gasteiger partial charge in [-0.2, -0.15) is 0 Å². The molecule has 11 heavy (non-hydrogen) atoms. The molecule has 0 radical (unpaired) electrons. The zero-order valence-electron chi connectivity index (χ0n) is 6.50. The van der Waals surface area contributed by atoms with E-state index in [9.17, 15) is 4.79 Å². The molecule has 0 bridgehead atoms. The van der Waals surface area contributed by atoms with Gasteiger partial charge in [-0.1, -0.05) is 0 Å². The lowest BCUT2D eigenvalue weighted by Gasteiger charge is -2.23. The van der Waals surface area contributed by atoms with Crippen molar-refractivity contribution in [3.8, 4) is 0 Å². The molecule has 0 aromatic carbocycles. The molecular formula is C7H10N2O2. The SMILES string of the molecule is COC(=O)C1(C)C=NC=CN1. The molecule has 1 rings (SSSR count). The minimum atomic E-state index is -0.802. The molecule has 0 aromatic rings. The van der Waals surface area contributed by atoms with Crippen molar-refractivity contribution in [3.63, 3.8) is 0 Å². The molecule has 0 amide bonds. The van der Waals surface area contributed by atoms with Crippen molar-refractivity contribution < 1.29 is 9.53 Å². The molecule has 1 unspecified atom stereocenters. The molecule has 1 atom stereocenters. The van der Waals surface area contributed by atoms with Gasteiger partial charge in [0.15, 0.2) is 5.54 Å². The number of nitrogens with zero attached hydrogens (tertiary/aromatic N) is 1. The summed E-state index contributed by atoms with van der Waals surface area (Å²) in [5, 5.41) is 2.84. The van der Waals surface area contributed by atoms with Gasteiger partial charge in [-0.3, -0.25) is 4.99 Å². The Morgan fingerprint density at radius 2 is 2.45 bits per heavy atom. The summed E-state index contributed by atoms with van der Waals surface area (Å²) in [6, 6.07) is 0. The number of nitrogens with one attached hydrogen (secondary N) is 1. The predicted molar refractivity (Wildman–Crippen MR) is 41.2 cm³/mol. The largest absolute Gasteiger partial charge is 0.467 e. The summed E-state index contributed by atoms with van der Waals surface area (Å²) in [4.78, 5) is 14.9. The van der Waals surface area contributed by atoms with E-state index in [1.807, 2.05) is 0 Å². The summed E-state index contributed by atoms with van der Waals surface area (Å²) < 4.78 is 4.57. The topological polar surface area (TPSA) is 50.7 Å². The fourth-order valence-electron chi connectivity index (χ4n) is 0.806. The second-order valence-electron chi connectivity index (χ2n) is 2.43. The lowest BCUT2D eigenvalue weighted by molar-refractivity contribution is -0.144. The van der Waals surface area contributed by atoms with Crippen LogP contribution in [0.2, 0.25) is 0 Å². The van der Waals surface area contributed by atoms with Gasteiger partial charge >= 0.3 is 5.97 Å². The van der Waals surface area contributed by atoms with Crippen LogP contribution in [0.1, 0.15) is 6.92 Å². The van der Waals surface area contributed by atoms with Crippen LogP contribution in [0.5, 0.6) is 0 Å². The van der Waals surface area contributed by atoms with Crippen LogP contribution in [-0.2, 0) is 9.53 Å². The highest BCUT2D eigenvalue weighted by Gasteiger charge is 2.32. The molecule has 1 heterocycles. The molecule has 0 saturated carbocycles. The zero-order valence-corrected chi connectivity index (χ0v) is 6.50. The van der Waals surface area contributed by atoms with Gasteiger partial charge in [-0.25, -0.2) is 4.79 Å². The molecule has 1 N–H and O–H groups in total. The van der Waals surface area contributed by atoms with Gasteiger partial charge < -0.3 is 10.1 Å². The first kappa shape index (κ1) is 7.78. The Labute approximate surface area is 65.0 Å². The van der Waals surface area contributed by atoms with E-state index in [1.165, 1.54) is 13.3 Å². The van der Waals surface area contributed by atoms with E-state index in [2.05, 4.69) is 15.0 Å². The first-order chi connectivity index (χ1) is 5.19. The highest BCUT2D eigenvalue weighted by atomic mass is 16.5. The lowest BCUT2D eigenvalue weighted by Crippen LogP contribution is -2.50. The van der Waals surface area contributed by atoms with Crippen molar-refractivity contribution in [2.75, 3.05) is 7.11 Å². The number of ether oxygens (including phenoxy) is 1. The maximum Gasteiger partial charge on any atom is 0.336 e. The number of hydrogen-bond donors (Lipinski definition) is 1. The van der Waals surface area contributed by atoms with E-state index in [-0.39, 0.29) is 5.97 Å². The van der Waals surface area contributed by atoms with Gasteiger partial charge in [0.1, 0.15) is 0 Å². The summed E-state index contributed by atoms with van der Waals surface area (Å²) in [7, 11) is 1.35. The summed E-state index contributed by atoms with van der Waals surface area (Å²) in [6.45, 7) is 1.70. The van der Waals surface area contributed by atoms with Crippen LogP contribution in [0.3, 0.4) is 0 Å². The maximum absolute atomic E-state index is 11.1. The number of carbonyl (C=O) groups is 1. The van der Waals surface area contributed by atoms with Crippen LogP contribution < -0.4 is 5.32 Å². The van der Waals surface area contributed by atoms with Gasteiger partial charge in [0.2, 0.25) is 0 Å². The average Bonchev–Trinajstić information content (AvgIpc) is 2.04. The molecule has 0 fully saturated rings. The Kier molecular flexibility index (Phi) is 1.94. The molecular weight excluding hydrogens is 144 g/mol. The van der Waals surface area contributed by atoms with Crippen molar-refractivity contribution in [3.05, 3.63) is 12.4 Å². The first-order valence-electron chi connectivity index (χ1n) is 3.24. The van der Waals surface area contributed by atoms with Gasteiger partial charge in [0.25, 0.3) is 0 Å². The molecule has 60 valence electrons. The van der Waals surface area contributed by atoms with Crippen LogP contribution in [0.25, 0.3) is 0 Å². The molecule has 1 aliphatic heterocycles. The fourth-order valence-corrected chi connectivity index (χ4v) is 0.806. The number of rotatable bonds is 1. The van der Waals surface area contributed by atoms with E-state index in [1.54, 1.807) is 19.3 Å². The summed E-state index contributed by atoms with van der Waals surface area (Å²) in [6.07, 6.45) is 4.69.